The quantitative estimate of drug-likeness (QED) is 0.611. The molecular formula is C25H32N4O4S. The van der Waals surface area contributed by atoms with E-state index in [0.29, 0.717) is 37.3 Å². The lowest BCUT2D eigenvalue weighted by molar-refractivity contribution is -0.130. The number of piperidine rings is 1. The summed E-state index contributed by atoms with van der Waals surface area (Å²) in [7, 11) is 2.97. The Morgan fingerprint density at radius 1 is 1.00 bits per heavy atom. The van der Waals surface area contributed by atoms with Gasteiger partial charge in [0.2, 0.25) is 21.8 Å². The molecule has 3 rings (SSSR count). The number of sulfonamides is 1. The van der Waals surface area contributed by atoms with Crippen molar-refractivity contribution >= 4 is 39.3 Å². The van der Waals surface area contributed by atoms with Crippen molar-refractivity contribution in [1.29, 1.82) is 0 Å². The lowest BCUT2D eigenvalue weighted by atomic mass is 9.95. The Labute approximate surface area is 201 Å². The molecule has 182 valence electrons. The third-order valence-electron chi connectivity index (χ3n) is 5.88. The lowest BCUT2D eigenvalue weighted by Gasteiger charge is -2.31. The molecule has 2 aromatic rings. The number of anilines is 2. The standard InChI is InChI=1S/C25H32N4O4S/c1-27(2)23-12-11-21(34(32,33)28(3)4)18-22(23)26-25(31)20-14-16-29(17-15-20)24(30)13-10-19-8-6-5-7-9-19/h5-13,18,20H,14-17H2,1-4H3,(H,26,31)/b13-10+. The Morgan fingerprint density at radius 3 is 2.24 bits per heavy atom. The molecule has 1 N–H and O–H groups in total. The maximum Gasteiger partial charge on any atom is 0.246 e. The van der Waals surface area contributed by atoms with Crippen molar-refractivity contribution in [2.24, 2.45) is 5.92 Å². The molecule has 1 aliphatic rings. The zero-order valence-electron chi connectivity index (χ0n) is 20.1. The summed E-state index contributed by atoms with van der Waals surface area (Å²) in [4.78, 5) is 29.2. The van der Waals surface area contributed by atoms with Crippen LogP contribution in [-0.4, -0.2) is 70.7 Å². The summed E-state index contributed by atoms with van der Waals surface area (Å²) in [5, 5.41) is 2.92. The molecule has 0 radical (unpaired) electrons. The summed E-state index contributed by atoms with van der Waals surface area (Å²) in [5.41, 5.74) is 2.12. The molecule has 0 unspecified atom stereocenters. The highest BCUT2D eigenvalue weighted by Crippen LogP contribution is 2.30. The number of likely N-dealkylation sites (tertiary alicyclic amines) is 1. The largest absolute Gasteiger partial charge is 0.376 e. The van der Waals surface area contributed by atoms with Gasteiger partial charge in [-0.1, -0.05) is 30.3 Å². The minimum absolute atomic E-state index is 0.0702. The molecule has 0 atom stereocenters. The summed E-state index contributed by atoms with van der Waals surface area (Å²) in [6, 6.07) is 14.3. The maximum absolute atomic E-state index is 13.0. The molecule has 8 nitrogen and oxygen atoms in total. The van der Waals surface area contributed by atoms with Crippen LogP contribution in [0, 0.1) is 5.92 Å². The number of hydrogen-bond donors (Lipinski definition) is 1. The third-order valence-corrected chi connectivity index (χ3v) is 7.69. The predicted molar refractivity (Wildman–Crippen MR) is 135 cm³/mol. The maximum atomic E-state index is 13.0. The normalized spacial score (nSPS) is 15.0. The number of nitrogens with zero attached hydrogens (tertiary/aromatic N) is 3. The SMILES string of the molecule is CN(C)c1ccc(S(=O)(=O)N(C)C)cc1NC(=O)C1CCN(C(=O)/C=C/c2ccccc2)CC1. The van der Waals surface area contributed by atoms with Gasteiger partial charge in [-0.2, -0.15) is 0 Å². The molecule has 0 aromatic heterocycles. The first kappa shape index (κ1) is 25.5. The van der Waals surface area contributed by atoms with Gasteiger partial charge in [0.1, 0.15) is 0 Å². The molecule has 2 aromatic carbocycles. The van der Waals surface area contributed by atoms with Gasteiger partial charge >= 0.3 is 0 Å². The van der Waals surface area contributed by atoms with Crippen LogP contribution < -0.4 is 10.2 Å². The molecule has 0 spiro atoms. The Hall–Kier alpha value is -3.17. The molecule has 0 aliphatic carbocycles. The van der Waals surface area contributed by atoms with Crippen LogP contribution >= 0.6 is 0 Å². The topological polar surface area (TPSA) is 90.0 Å². The minimum atomic E-state index is -3.63. The van der Waals surface area contributed by atoms with E-state index in [1.807, 2.05) is 49.3 Å². The van der Waals surface area contributed by atoms with E-state index in [1.54, 1.807) is 23.1 Å². The van der Waals surface area contributed by atoms with Gasteiger partial charge in [-0.25, -0.2) is 12.7 Å². The second-order valence-corrected chi connectivity index (χ2v) is 10.8. The summed E-state index contributed by atoms with van der Waals surface area (Å²) >= 11 is 0. The van der Waals surface area contributed by atoms with E-state index in [4.69, 9.17) is 0 Å². The smallest absolute Gasteiger partial charge is 0.246 e. The second kappa shape index (κ2) is 10.8. The Morgan fingerprint density at radius 2 is 1.65 bits per heavy atom. The van der Waals surface area contributed by atoms with Crippen molar-refractivity contribution < 1.29 is 18.0 Å². The Balaban J connectivity index is 1.65. The minimum Gasteiger partial charge on any atom is -0.376 e. The summed E-state index contributed by atoms with van der Waals surface area (Å²) < 4.78 is 26.2. The zero-order chi connectivity index (χ0) is 24.9. The van der Waals surface area contributed by atoms with Gasteiger partial charge in [-0.3, -0.25) is 9.59 Å². The number of amides is 2. The fourth-order valence-corrected chi connectivity index (χ4v) is 4.74. The van der Waals surface area contributed by atoms with Crippen LogP contribution in [0.1, 0.15) is 18.4 Å². The van der Waals surface area contributed by atoms with Crippen molar-refractivity contribution in [2.45, 2.75) is 17.7 Å². The van der Waals surface area contributed by atoms with E-state index in [2.05, 4.69) is 5.32 Å². The van der Waals surface area contributed by atoms with E-state index >= 15 is 0 Å². The van der Waals surface area contributed by atoms with Gasteiger partial charge in [-0.05, 0) is 42.7 Å². The third kappa shape index (κ3) is 6.03. The fraction of sp³-hybridized carbons (Fsp3) is 0.360. The summed E-state index contributed by atoms with van der Waals surface area (Å²) in [6.45, 7) is 0.983. The molecule has 0 saturated carbocycles. The van der Waals surface area contributed by atoms with Gasteiger partial charge in [0.25, 0.3) is 0 Å². The van der Waals surface area contributed by atoms with Crippen LogP contribution in [0.5, 0.6) is 0 Å². The molecule has 0 bridgehead atoms. The summed E-state index contributed by atoms with van der Waals surface area (Å²) in [5.74, 6) is -0.500. The van der Waals surface area contributed by atoms with Gasteiger partial charge in [0.05, 0.1) is 16.3 Å². The van der Waals surface area contributed by atoms with E-state index in [1.165, 1.54) is 26.2 Å². The van der Waals surface area contributed by atoms with Gasteiger partial charge in [0.15, 0.2) is 0 Å². The van der Waals surface area contributed by atoms with Crippen molar-refractivity contribution in [3.63, 3.8) is 0 Å². The average Bonchev–Trinajstić information content (AvgIpc) is 2.83. The molecule has 1 heterocycles. The highest BCUT2D eigenvalue weighted by Gasteiger charge is 2.28. The number of carbonyl (C=O) groups is 2. The number of nitrogens with one attached hydrogen (secondary N) is 1. The fourth-order valence-electron chi connectivity index (χ4n) is 3.81. The van der Waals surface area contributed by atoms with Crippen LogP contribution in [-0.2, 0) is 19.6 Å². The molecule has 1 aliphatic heterocycles. The lowest BCUT2D eigenvalue weighted by Crippen LogP contribution is -2.40. The number of benzene rings is 2. The Kier molecular flexibility index (Phi) is 8.11. The Bertz CT molecular complexity index is 1150. The molecule has 2 amide bonds. The van der Waals surface area contributed by atoms with Crippen LogP contribution in [0.3, 0.4) is 0 Å². The van der Waals surface area contributed by atoms with E-state index in [9.17, 15) is 18.0 Å². The van der Waals surface area contributed by atoms with Gasteiger partial charge < -0.3 is 15.1 Å². The van der Waals surface area contributed by atoms with E-state index < -0.39 is 10.0 Å². The predicted octanol–water partition coefficient (Wildman–Crippen LogP) is 2.89. The molecule has 34 heavy (non-hydrogen) atoms. The molecule has 1 fully saturated rings. The van der Waals surface area contributed by atoms with E-state index in [-0.39, 0.29) is 22.6 Å². The van der Waals surface area contributed by atoms with Gasteiger partial charge in [-0.15, -0.1) is 0 Å². The molecule has 9 heteroatoms. The van der Waals surface area contributed by atoms with Crippen LogP contribution in [0.15, 0.2) is 59.5 Å². The van der Waals surface area contributed by atoms with Gasteiger partial charge in [0, 0.05) is 53.3 Å². The zero-order valence-corrected chi connectivity index (χ0v) is 20.9. The second-order valence-electron chi connectivity index (χ2n) is 8.69. The van der Waals surface area contributed by atoms with Crippen LogP contribution in [0.4, 0.5) is 11.4 Å². The number of rotatable bonds is 7. The number of hydrogen-bond acceptors (Lipinski definition) is 5. The first-order valence-electron chi connectivity index (χ1n) is 11.2. The van der Waals surface area contributed by atoms with Crippen LogP contribution in [0.2, 0.25) is 0 Å². The highest BCUT2D eigenvalue weighted by atomic mass is 32.2. The summed E-state index contributed by atoms with van der Waals surface area (Å²) in [6.07, 6.45) is 4.45. The number of carbonyl (C=O) groups excluding carboxylic acids is 2. The molecular weight excluding hydrogens is 452 g/mol. The monoisotopic (exact) mass is 484 g/mol. The van der Waals surface area contributed by atoms with Crippen molar-refractivity contribution in [2.75, 3.05) is 51.5 Å². The highest BCUT2D eigenvalue weighted by molar-refractivity contribution is 7.89. The molecule has 1 saturated heterocycles. The first-order valence-corrected chi connectivity index (χ1v) is 12.6. The van der Waals surface area contributed by atoms with Crippen molar-refractivity contribution in [3.05, 3.63) is 60.2 Å². The van der Waals surface area contributed by atoms with E-state index in [0.717, 1.165) is 9.87 Å². The van der Waals surface area contributed by atoms with Crippen molar-refractivity contribution in [3.8, 4) is 0 Å². The van der Waals surface area contributed by atoms with Crippen molar-refractivity contribution in [1.82, 2.24) is 9.21 Å². The average molecular weight is 485 g/mol. The van der Waals surface area contributed by atoms with Crippen LogP contribution in [0.25, 0.3) is 6.08 Å². The first-order chi connectivity index (χ1) is 16.1.